The number of nitrogens with one attached hydrogen (secondary N) is 1. The van der Waals surface area contributed by atoms with Crippen molar-refractivity contribution in [2.45, 2.75) is 39.0 Å². The van der Waals surface area contributed by atoms with Crippen molar-refractivity contribution >= 4 is 0 Å². The first-order chi connectivity index (χ1) is 10.6. The summed E-state index contributed by atoms with van der Waals surface area (Å²) in [5.41, 5.74) is 1.28. The van der Waals surface area contributed by atoms with E-state index in [0.29, 0.717) is 25.9 Å². The summed E-state index contributed by atoms with van der Waals surface area (Å²) in [6, 6.07) is 10.8. The molecule has 2 unspecified atom stereocenters. The minimum absolute atomic E-state index is 0.0634. The average Bonchev–Trinajstić information content (AvgIpc) is 2.49. The van der Waals surface area contributed by atoms with Crippen LogP contribution in [0.4, 0.5) is 0 Å². The second kappa shape index (κ2) is 6.28. The Labute approximate surface area is 132 Å². The monoisotopic (exact) mass is 305 g/mol. The van der Waals surface area contributed by atoms with Gasteiger partial charge in [0.15, 0.2) is 0 Å². The Balaban J connectivity index is 1.45. The zero-order chi connectivity index (χ0) is 15.6. The largest absolute Gasteiger partial charge is 0.396 e. The zero-order valence-corrected chi connectivity index (χ0v) is 13.5. The maximum atomic E-state index is 9.49. The molecule has 1 saturated heterocycles. The fourth-order valence-corrected chi connectivity index (χ4v) is 3.27. The molecule has 2 aliphatic rings. The van der Waals surface area contributed by atoms with E-state index < -0.39 is 0 Å². The summed E-state index contributed by atoms with van der Waals surface area (Å²) in [5, 5.41) is 13.1. The second-order valence-corrected chi connectivity index (χ2v) is 7.43. The zero-order valence-electron chi connectivity index (χ0n) is 13.5. The van der Waals surface area contributed by atoms with Gasteiger partial charge in [0, 0.05) is 18.0 Å². The van der Waals surface area contributed by atoms with E-state index in [1.807, 2.05) is 18.2 Å². The van der Waals surface area contributed by atoms with Crippen molar-refractivity contribution in [1.82, 2.24) is 5.32 Å². The number of rotatable bonds is 7. The predicted molar refractivity (Wildman–Crippen MR) is 85.5 cm³/mol. The van der Waals surface area contributed by atoms with Gasteiger partial charge < -0.3 is 19.9 Å². The molecule has 0 bridgehead atoms. The molecule has 4 nitrogen and oxygen atoms in total. The summed E-state index contributed by atoms with van der Waals surface area (Å²) in [5.74, 6) is 0. The first kappa shape index (κ1) is 15.9. The maximum absolute atomic E-state index is 9.49. The normalized spacial score (nSPS) is 28.7. The van der Waals surface area contributed by atoms with Crippen LogP contribution in [0.15, 0.2) is 30.3 Å². The molecule has 3 rings (SSSR count). The molecule has 22 heavy (non-hydrogen) atoms. The molecule has 0 amide bonds. The molecule has 2 atom stereocenters. The van der Waals surface area contributed by atoms with Crippen LogP contribution in [0, 0.1) is 10.8 Å². The second-order valence-electron chi connectivity index (χ2n) is 7.43. The van der Waals surface area contributed by atoms with Crippen LogP contribution >= 0.6 is 0 Å². The molecule has 0 aromatic heterocycles. The van der Waals surface area contributed by atoms with Crippen LogP contribution in [0.3, 0.4) is 0 Å². The van der Waals surface area contributed by atoms with Crippen LogP contribution in [0.25, 0.3) is 0 Å². The van der Waals surface area contributed by atoms with E-state index in [9.17, 15) is 5.11 Å². The van der Waals surface area contributed by atoms with E-state index in [0.717, 1.165) is 13.0 Å². The van der Waals surface area contributed by atoms with Gasteiger partial charge in [0.05, 0.1) is 37.9 Å². The van der Waals surface area contributed by atoms with Gasteiger partial charge in [-0.1, -0.05) is 44.2 Å². The van der Waals surface area contributed by atoms with Crippen molar-refractivity contribution in [3.8, 4) is 0 Å². The van der Waals surface area contributed by atoms with Crippen LogP contribution in [0.1, 0.15) is 25.8 Å². The number of ether oxygens (including phenoxy) is 2. The average molecular weight is 305 g/mol. The smallest absolute Gasteiger partial charge is 0.0720 e. The van der Waals surface area contributed by atoms with Gasteiger partial charge >= 0.3 is 0 Å². The van der Waals surface area contributed by atoms with Crippen molar-refractivity contribution in [3.05, 3.63) is 35.9 Å². The molecule has 2 N–H and O–H groups in total. The Bertz CT molecular complexity index is 479. The number of hydrogen-bond acceptors (Lipinski definition) is 4. The van der Waals surface area contributed by atoms with Crippen molar-refractivity contribution in [3.63, 3.8) is 0 Å². The van der Waals surface area contributed by atoms with Gasteiger partial charge in [-0.2, -0.15) is 0 Å². The Morgan fingerprint density at radius 3 is 2.55 bits per heavy atom. The molecular formula is C18H27NO3. The molecule has 2 fully saturated rings. The van der Waals surface area contributed by atoms with E-state index >= 15 is 0 Å². The van der Waals surface area contributed by atoms with Crippen molar-refractivity contribution in [2.75, 3.05) is 26.4 Å². The Morgan fingerprint density at radius 2 is 2.00 bits per heavy atom. The van der Waals surface area contributed by atoms with Crippen molar-refractivity contribution < 1.29 is 14.6 Å². The minimum Gasteiger partial charge on any atom is -0.396 e. The molecule has 1 aliphatic heterocycles. The standard InChI is InChI=1S/C18H27NO3/c1-17(2)15(19-10-18(11-20)12-21-13-18)8-16(17)22-9-14-6-4-3-5-7-14/h3-7,15-16,19-20H,8-13H2,1-2H3. The molecular weight excluding hydrogens is 278 g/mol. The van der Waals surface area contributed by atoms with E-state index in [4.69, 9.17) is 9.47 Å². The third-order valence-electron chi connectivity index (χ3n) is 5.35. The minimum atomic E-state index is -0.0634. The third kappa shape index (κ3) is 3.06. The van der Waals surface area contributed by atoms with Crippen LogP contribution in [-0.4, -0.2) is 43.6 Å². The van der Waals surface area contributed by atoms with Gasteiger partial charge in [0.2, 0.25) is 0 Å². The van der Waals surface area contributed by atoms with Crippen LogP contribution in [0.2, 0.25) is 0 Å². The first-order valence-electron chi connectivity index (χ1n) is 8.13. The summed E-state index contributed by atoms with van der Waals surface area (Å²) in [7, 11) is 0. The fraction of sp³-hybridized carbons (Fsp3) is 0.667. The predicted octanol–water partition coefficient (Wildman–Crippen LogP) is 1.97. The van der Waals surface area contributed by atoms with Crippen LogP contribution in [0.5, 0.6) is 0 Å². The summed E-state index contributed by atoms with van der Waals surface area (Å²) >= 11 is 0. The molecule has 1 heterocycles. The summed E-state index contributed by atoms with van der Waals surface area (Å²) in [4.78, 5) is 0. The van der Waals surface area contributed by atoms with Crippen LogP contribution < -0.4 is 5.32 Å². The van der Waals surface area contributed by atoms with Crippen molar-refractivity contribution in [1.29, 1.82) is 0 Å². The molecule has 1 saturated carbocycles. The summed E-state index contributed by atoms with van der Waals surface area (Å²) < 4.78 is 11.3. The van der Waals surface area contributed by atoms with Gasteiger partial charge in [-0.05, 0) is 12.0 Å². The molecule has 4 heteroatoms. The SMILES string of the molecule is CC1(C)C(NCC2(CO)COC2)CC1OCc1ccccc1. The molecule has 0 radical (unpaired) electrons. The van der Waals surface area contributed by atoms with E-state index in [-0.39, 0.29) is 23.5 Å². The summed E-state index contributed by atoms with van der Waals surface area (Å²) in [6.45, 7) is 7.54. The lowest BCUT2D eigenvalue weighted by atomic mass is 9.64. The topological polar surface area (TPSA) is 50.7 Å². The number of hydrogen-bond donors (Lipinski definition) is 2. The van der Waals surface area contributed by atoms with Crippen molar-refractivity contribution in [2.24, 2.45) is 10.8 Å². The quantitative estimate of drug-likeness (QED) is 0.809. The molecule has 1 aliphatic carbocycles. The lowest BCUT2D eigenvalue weighted by Gasteiger charge is -2.53. The Hall–Kier alpha value is -0.940. The number of aliphatic hydroxyl groups excluding tert-OH is 1. The highest BCUT2D eigenvalue weighted by Crippen LogP contribution is 2.43. The van der Waals surface area contributed by atoms with Gasteiger partial charge in [0.25, 0.3) is 0 Å². The van der Waals surface area contributed by atoms with Gasteiger partial charge in [-0.25, -0.2) is 0 Å². The van der Waals surface area contributed by atoms with Gasteiger partial charge in [0.1, 0.15) is 0 Å². The first-order valence-corrected chi connectivity index (χ1v) is 8.13. The highest BCUT2D eigenvalue weighted by atomic mass is 16.5. The summed E-state index contributed by atoms with van der Waals surface area (Å²) in [6.07, 6.45) is 1.32. The lowest BCUT2D eigenvalue weighted by Crippen LogP contribution is -2.64. The number of benzene rings is 1. The molecule has 1 aromatic carbocycles. The van der Waals surface area contributed by atoms with Gasteiger partial charge in [-0.15, -0.1) is 0 Å². The Morgan fingerprint density at radius 1 is 1.27 bits per heavy atom. The third-order valence-corrected chi connectivity index (χ3v) is 5.35. The van der Waals surface area contributed by atoms with Gasteiger partial charge in [-0.3, -0.25) is 0 Å². The highest BCUT2D eigenvalue weighted by molar-refractivity contribution is 5.14. The lowest BCUT2D eigenvalue weighted by molar-refractivity contribution is -0.152. The van der Waals surface area contributed by atoms with Crippen LogP contribution in [-0.2, 0) is 16.1 Å². The highest BCUT2D eigenvalue weighted by Gasteiger charge is 2.50. The Kier molecular flexibility index (Phi) is 4.55. The maximum Gasteiger partial charge on any atom is 0.0720 e. The number of aliphatic hydroxyl groups is 1. The molecule has 1 aromatic rings. The van der Waals surface area contributed by atoms with E-state index in [1.54, 1.807) is 0 Å². The van der Waals surface area contributed by atoms with E-state index in [1.165, 1.54) is 5.56 Å². The molecule has 0 spiro atoms. The van der Waals surface area contributed by atoms with E-state index in [2.05, 4.69) is 31.3 Å². The fourth-order valence-electron chi connectivity index (χ4n) is 3.27. The molecule has 122 valence electrons.